The van der Waals surface area contributed by atoms with Crippen LogP contribution in [0.3, 0.4) is 0 Å². The number of hydrogen-bond donors (Lipinski definition) is 0. The predicted molar refractivity (Wildman–Crippen MR) is 133 cm³/mol. The molecule has 1 aliphatic rings. The Labute approximate surface area is 198 Å². The van der Waals surface area contributed by atoms with Gasteiger partial charge in [0.25, 0.3) is 11.1 Å². The molecule has 0 unspecified atom stereocenters. The molecule has 0 N–H and O–H groups in total. The second kappa shape index (κ2) is 10.2. The van der Waals surface area contributed by atoms with E-state index < -0.39 is 0 Å². The molecule has 2 amide bonds. The average molecular weight is 465 g/mol. The van der Waals surface area contributed by atoms with Gasteiger partial charge in [-0.2, -0.15) is 0 Å². The van der Waals surface area contributed by atoms with Crippen molar-refractivity contribution < 1.29 is 19.1 Å². The topological polar surface area (TPSA) is 60.8 Å². The van der Waals surface area contributed by atoms with E-state index in [-0.39, 0.29) is 17.1 Å². The van der Waals surface area contributed by atoms with Gasteiger partial charge in [0.1, 0.15) is 0 Å². The highest BCUT2D eigenvalue weighted by molar-refractivity contribution is 8.18. The molecule has 3 aromatic rings. The molecule has 1 aliphatic heterocycles. The molecule has 172 valence electrons. The van der Waals surface area contributed by atoms with Crippen LogP contribution < -0.4 is 9.47 Å². The highest BCUT2D eigenvalue weighted by Gasteiger charge is 2.35. The van der Waals surface area contributed by atoms with E-state index >= 15 is 0 Å². The molecule has 2 aromatic carbocycles. The second-order valence-corrected chi connectivity index (χ2v) is 9.33. The maximum Gasteiger partial charge on any atom is 0.293 e. The lowest BCUT2D eigenvalue weighted by atomic mass is 10.1. The maximum absolute atomic E-state index is 12.8. The molecule has 1 saturated heterocycles. The van der Waals surface area contributed by atoms with E-state index in [0.29, 0.717) is 18.1 Å². The van der Waals surface area contributed by atoms with Crippen molar-refractivity contribution in [3.05, 3.63) is 65.2 Å². The van der Waals surface area contributed by atoms with Crippen LogP contribution in [0.25, 0.3) is 17.0 Å². The molecule has 6 nitrogen and oxygen atoms in total. The van der Waals surface area contributed by atoms with Crippen molar-refractivity contribution in [2.75, 3.05) is 20.3 Å². The first-order chi connectivity index (χ1) is 16.0. The Kier molecular flexibility index (Phi) is 7.08. The van der Waals surface area contributed by atoms with E-state index in [2.05, 4.69) is 10.6 Å². The highest BCUT2D eigenvalue weighted by atomic mass is 32.2. The number of nitrogens with zero attached hydrogens (tertiary/aromatic N) is 2. The summed E-state index contributed by atoms with van der Waals surface area (Å²) >= 11 is 1.02. The summed E-state index contributed by atoms with van der Waals surface area (Å²) in [6.45, 7) is 5.75. The van der Waals surface area contributed by atoms with Gasteiger partial charge in [0.2, 0.25) is 0 Å². The standard InChI is InChI=1S/C26H28N2O4S/c1-18(2)16-28-25(29)24(33-26(28)30)15-19-17-27(21-10-5-4-9-20(19)21)13-8-14-32-23-12-7-6-11-22(23)31-3/h4-7,9-12,15,17-18H,8,13-14,16H2,1-3H3/b24-15-. The van der Waals surface area contributed by atoms with E-state index in [4.69, 9.17) is 9.47 Å². The van der Waals surface area contributed by atoms with Crippen molar-refractivity contribution in [2.45, 2.75) is 26.8 Å². The molecule has 0 aliphatic carbocycles. The molecule has 1 fully saturated rings. The molecule has 7 heteroatoms. The fraction of sp³-hybridized carbons (Fsp3) is 0.308. The molecule has 1 aromatic heterocycles. The van der Waals surface area contributed by atoms with Crippen LogP contribution in [-0.2, 0) is 11.3 Å². The fourth-order valence-electron chi connectivity index (χ4n) is 3.89. The zero-order valence-corrected chi connectivity index (χ0v) is 19.9. The Balaban J connectivity index is 1.49. The summed E-state index contributed by atoms with van der Waals surface area (Å²) in [5, 5.41) is 0.857. The van der Waals surface area contributed by atoms with Gasteiger partial charge >= 0.3 is 0 Å². The van der Waals surface area contributed by atoms with Crippen LogP contribution in [0.2, 0.25) is 0 Å². The maximum atomic E-state index is 12.8. The number of carbonyl (C=O) groups excluding carboxylic acids is 2. The number of para-hydroxylation sites is 3. The molecule has 0 radical (unpaired) electrons. The van der Waals surface area contributed by atoms with Gasteiger partial charge in [-0.05, 0) is 48.4 Å². The van der Waals surface area contributed by atoms with Gasteiger partial charge in [-0.3, -0.25) is 14.5 Å². The third-order valence-corrected chi connectivity index (χ3v) is 6.30. The summed E-state index contributed by atoms with van der Waals surface area (Å²) in [6, 6.07) is 15.7. The largest absolute Gasteiger partial charge is 0.493 e. The molecule has 4 rings (SSSR count). The van der Waals surface area contributed by atoms with Crippen LogP contribution in [0.15, 0.2) is 59.6 Å². The molecular weight excluding hydrogens is 436 g/mol. The zero-order valence-electron chi connectivity index (χ0n) is 19.1. The Bertz CT molecular complexity index is 1200. The van der Waals surface area contributed by atoms with E-state index in [1.165, 1.54) is 4.90 Å². The molecule has 0 saturated carbocycles. The van der Waals surface area contributed by atoms with Gasteiger partial charge in [-0.15, -0.1) is 0 Å². The first kappa shape index (κ1) is 23.0. The monoisotopic (exact) mass is 464 g/mol. The molecular formula is C26H28N2O4S. The zero-order chi connectivity index (χ0) is 23.4. The summed E-state index contributed by atoms with van der Waals surface area (Å²) in [4.78, 5) is 26.9. The number of aromatic nitrogens is 1. The van der Waals surface area contributed by atoms with Crippen LogP contribution in [0.4, 0.5) is 4.79 Å². The van der Waals surface area contributed by atoms with Crippen LogP contribution in [-0.4, -0.2) is 40.9 Å². The first-order valence-corrected chi connectivity index (χ1v) is 11.9. The Morgan fingerprint density at radius 1 is 1.03 bits per heavy atom. The Hall–Kier alpha value is -3.19. The Morgan fingerprint density at radius 2 is 1.76 bits per heavy atom. The number of carbonyl (C=O) groups is 2. The van der Waals surface area contributed by atoms with Gasteiger partial charge in [-0.25, -0.2) is 0 Å². The van der Waals surface area contributed by atoms with Crippen molar-refractivity contribution in [3.8, 4) is 11.5 Å². The number of methoxy groups -OCH3 is 1. The molecule has 0 spiro atoms. The number of benzene rings is 2. The minimum atomic E-state index is -0.208. The third kappa shape index (κ3) is 5.09. The average Bonchev–Trinajstić information content (AvgIpc) is 3.29. The number of rotatable bonds is 9. The molecule has 2 heterocycles. The lowest BCUT2D eigenvalue weighted by Gasteiger charge is -2.14. The van der Waals surface area contributed by atoms with Crippen LogP contribution in [0.5, 0.6) is 11.5 Å². The van der Waals surface area contributed by atoms with E-state index in [1.807, 2.05) is 68.6 Å². The van der Waals surface area contributed by atoms with Gasteiger partial charge in [0.15, 0.2) is 11.5 Å². The normalized spacial score (nSPS) is 15.3. The second-order valence-electron chi connectivity index (χ2n) is 8.33. The first-order valence-electron chi connectivity index (χ1n) is 11.1. The quantitative estimate of drug-likeness (QED) is 0.295. The lowest BCUT2D eigenvalue weighted by molar-refractivity contribution is -0.123. The number of hydrogen-bond acceptors (Lipinski definition) is 5. The van der Waals surface area contributed by atoms with E-state index in [0.717, 1.165) is 52.7 Å². The molecule has 0 bridgehead atoms. The fourth-order valence-corrected chi connectivity index (χ4v) is 4.73. The summed E-state index contributed by atoms with van der Waals surface area (Å²) < 4.78 is 13.4. The SMILES string of the molecule is COc1ccccc1OCCCn1cc(/C=C2\SC(=O)N(CC(C)C)C2=O)c2ccccc21. The smallest absolute Gasteiger partial charge is 0.293 e. The van der Waals surface area contributed by atoms with Crippen molar-refractivity contribution in [3.63, 3.8) is 0 Å². The van der Waals surface area contributed by atoms with Crippen molar-refractivity contribution in [1.82, 2.24) is 9.47 Å². The van der Waals surface area contributed by atoms with E-state index in [1.54, 1.807) is 7.11 Å². The van der Waals surface area contributed by atoms with E-state index in [9.17, 15) is 9.59 Å². The summed E-state index contributed by atoms with van der Waals surface area (Å²) in [6.07, 6.45) is 4.70. The number of thioether (sulfide) groups is 1. The minimum absolute atomic E-state index is 0.197. The van der Waals surface area contributed by atoms with Crippen molar-refractivity contribution in [1.29, 1.82) is 0 Å². The van der Waals surface area contributed by atoms with Gasteiger partial charge in [0, 0.05) is 35.8 Å². The summed E-state index contributed by atoms with van der Waals surface area (Å²) in [5.41, 5.74) is 2.02. The molecule has 0 atom stereocenters. The van der Waals surface area contributed by atoms with Gasteiger partial charge < -0.3 is 14.0 Å². The van der Waals surface area contributed by atoms with Gasteiger partial charge in [0.05, 0.1) is 18.6 Å². The number of ether oxygens (including phenoxy) is 2. The number of imide groups is 1. The number of amides is 2. The molecule has 33 heavy (non-hydrogen) atoms. The minimum Gasteiger partial charge on any atom is -0.493 e. The van der Waals surface area contributed by atoms with Crippen molar-refractivity contribution in [2.24, 2.45) is 5.92 Å². The van der Waals surface area contributed by atoms with Crippen LogP contribution in [0, 0.1) is 5.92 Å². The summed E-state index contributed by atoms with van der Waals surface area (Å²) in [5.74, 6) is 1.48. The summed E-state index contributed by atoms with van der Waals surface area (Å²) in [7, 11) is 1.63. The van der Waals surface area contributed by atoms with Crippen LogP contribution in [0.1, 0.15) is 25.8 Å². The van der Waals surface area contributed by atoms with Crippen LogP contribution >= 0.6 is 11.8 Å². The Morgan fingerprint density at radius 3 is 2.52 bits per heavy atom. The number of aryl methyl sites for hydroxylation is 1. The predicted octanol–water partition coefficient (Wildman–Crippen LogP) is 5.81. The van der Waals surface area contributed by atoms with Gasteiger partial charge in [-0.1, -0.05) is 44.2 Å². The van der Waals surface area contributed by atoms with Crippen molar-refractivity contribution >= 4 is 39.9 Å². The highest BCUT2D eigenvalue weighted by Crippen LogP contribution is 2.34. The third-order valence-electron chi connectivity index (χ3n) is 5.40. The number of fused-ring (bicyclic) bond motifs is 1. The lowest BCUT2D eigenvalue weighted by Crippen LogP contribution is -2.31.